The summed E-state index contributed by atoms with van der Waals surface area (Å²) in [6.45, 7) is 4.44. The summed E-state index contributed by atoms with van der Waals surface area (Å²) < 4.78 is 0. The van der Waals surface area contributed by atoms with E-state index in [0.29, 0.717) is 5.92 Å². The zero-order chi connectivity index (χ0) is 15.4. The lowest BCUT2D eigenvalue weighted by Crippen LogP contribution is -2.43. The van der Waals surface area contributed by atoms with Crippen LogP contribution < -0.4 is 5.32 Å². The summed E-state index contributed by atoms with van der Waals surface area (Å²) >= 11 is 0. The predicted molar refractivity (Wildman–Crippen MR) is 81.2 cm³/mol. The smallest absolute Gasteiger partial charge is 0.335 e. The molecule has 0 saturated heterocycles. The molecule has 1 aromatic carbocycles. The fourth-order valence-corrected chi connectivity index (χ4v) is 3.14. The van der Waals surface area contributed by atoms with E-state index >= 15 is 0 Å². The van der Waals surface area contributed by atoms with Crippen LogP contribution in [0.4, 0.5) is 0 Å². The Kier molecular flexibility index (Phi) is 4.99. The van der Waals surface area contributed by atoms with Gasteiger partial charge < -0.3 is 10.4 Å². The molecule has 0 heterocycles. The lowest BCUT2D eigenvalue weighted by atomic mass is 9.80. The van der Waals surface area contributed by atoms with Crippen LogP contribution in [0.15, 0.2) is 24.3 Å². The van der Waals surface area contributed by atoms with Gasteiger partial charge in [0.2, 0.25) is 5.91 Å². The lowest BCUT2D eigenvalue weighted by molar-refractivity contribution is -0.121. The minimum absolute atomic E-state index is 0.0241. The Hall–Kier alpha value is -1.84. The molecule has 1 fully saturated rings. The van der Waals surface area contributed by atoms with Gasteiger partial charge in [-0.25, -0.2) is 4.79 Å². The number of carboxylic acids is 1. The van der Waals surface area contributed by atoms with Crippen LogP contribution in [0.5, 0.6) is 0 Å². The number of benzene rings is 1. The van der Waals surface area contributed by atoms with E-state index in [4.69, 9.17) is 5.11 Å². The van der Waals surface area contributed by atoms with Crippen molar-refractivity contribution in [1.82, 2.24) is 5.32 Å². The maximum atomic E-state index is 12.1. The number of carbonyl (C=O) groups is 2. The van der Waals surface area contributed by atoms with Gasteiger partial charge in [0.1, 0.15) is 0 Å². The molecule has 1 amide bonds. The fraction of sp³-hybridized carbons (Fsp3) is 0.529. The Morgan fingerprint density at radius 2 is 2.05 bits per heavy atom. The molecule has 0 aromatic heterocycles. The summed E-state index contributed by atoms with van der Waals surface area (Å²) in [7, 11) is 0. The highest BCUT2D eigenvalue weighted by atomic mass is 16.4. The first kappa shape index (κ1) is 15.5. The molecule has 0 bridgehead atoms. The average Bonchev–Trinajstić information content (AvgIpc) is 2.42. The molecular formula is C17H23NO3. The number of hydrogen-bond acceptors (Lipinski definition) is 2. The van der Waals surface area contributed by atoms with Gasteiger partial charge in [-0.3, -0.25) is 4.79 Å². The molecule has 4 nitrogen and oxygen atoms in total. The van der Waals surface area contributed by atoms with Crippen LogP contribution in [-0.4, -0.2) is 23.0 Å². The van der Waals surface area contributed by atoms with Crippen molar-refractivity contribution in [2.45, 2.75) is 45.6 Å². The SMILES string of the molecule is CC1CCC(NC(=O)Cc2cccc(C(=O)O)c2)C(C)C1. The number of hydrogen-bond donors (Lipinski definition) is 2. The maximum Gasteiger partial charge on any atom is 0.335 e. The molecule has 4 heteroatoms. The van der Waals surface area contributed by atoms with Crippen LogP contribution in [0.3, 0.4) is 0 Å². The minimum Gasteiger partial charge on any atom is -0.478 e. The Bertz CT molecular complexity index is 527. The van der Waals surface area contributed by atoms with Gasteiger partial charge in [0, 0.05) is 6.04 Å². The second-order valence-electron chi connectivity index (χ2n) is 6.25. The van der Waals surface area contributed by atoms with Gasteiger partial charge >= 0.3 is 5.97 Å². The van der Waals surface area contributed by atoms with Crippen molar-refractivity contribution in [3.8, 4) is 0 Å². The van der Waals surface area contributed by atoms with Crippen molar-refractivity contribution < 1.29 is 14.7 Å². The van der Waals surface area contributed by atoms with Gasteiger partial charge in [0.05, 0.1) is 12.0 Å². The standard InChI is InChI=1S/C17H23NO3/c1-11-6-7-15(12(2)8-11)18-16(19)10-13-4-3-5-14(9-13)17(20)21/h3-5,9,11-12,15H,6-8,10H2,1-2H3,(H,18,19)(H,20,21). The number of aromatic carboxylic acids is 1. The maximum absolute atomic E-state index is 12.1. The highest BCUT2D eigenvalue weighted by Gasteiger charge is 2.26. The Morgan fingerprint density at radius 3 is 2.71 bits per heavy atom. The predicted octanol–water partition coefficient (Wildman–Crippen LogP) is 2.87. The molecule has 2 N–H and O–H groups in total. The zero-order valence-corrected chi connectivity index (χ0v) is 12.6. The minimum atomic E-state index is -0.966. The highest BCUT2D eigenvalue weighted by molar-refractivity contribution is 5.88. The van der Waals surface area contributed by atoms with Gasteiger partial charge in [0.15, 0.2) is 0 Å². The number of carboxylic acid groups (broad SMARTS) is 1. The largest absolute Gasteiger partial charge is 0.478 e. The average molecular weight is 289 g/mol. The first-order valence-electron chi connectivity index (χ1n) is 7.57. The normalized spacial score (nSPS) is 25.3. The topological polar surface area (TPSA) is 66.4 Å². The number of nitrogens with one attached hydrogen (secondary N) is 1. The van der Waals surface area contributed by atoms with Crippen molar-refractivity contribution in [2.24, 2.45) is 11.8 Å². The highest BCUT2D eigenvalue weighted by Crippen LogP contribution is 2.28. The Morgan fingerprint density at radius 1 is 1.29 bits per heavy atom. The van der Waals surface area contributed by atoms with Gasteiger partial charge in [0.25, 0.3) is 0 Å². The molecule has 0 aliphatic heterocycles. The van der Waals surface area contributed by atoms with Crippen molar-refractivity contribution >= 4 is 11.9 Å². The molecule has 0 radical (unpaired) electrons. The van der Waals surface area contributed by atoms with Gasteiger partial charge in [-0.2, -0.15) is 0 Å². The molecule has 3 atom stereocenters. The summed E-state index contributed by atoms with van der Waals surface area (Å²) in [4.78, 5) is 23.1. The van der Waals surface area contributed by atoms with Gasteiger partial charge in [-0.15, -0.1) is 0 Å². The molecule has 114 valence electrons. The fourth-order valence-electron chi connectivity index (χ4n) is 3.14. The monoisotopic (exact) mass is 289 g/mol. The van der Waals surface area contributed by atoms with Crippen LogP contribution >= 0.6 is 0 Å². The van der Waals surface area contributed by atoms with E-state index in [2.05, 4.69) is 19.2 Å². The molecule has 1 aliphatic carbocycles. The van der Waals surface area contributed by atoms with E-state index in [1.54, 1.807) is 18.2 Å². The van der Waals surface area contributed by atoms with Crippen LogP contribution in [0.1, 0.15) is 49.0 Å². The molecular weight excluding hydrogens is 266 g/mol. The third kappa shape index (κ3) is 4.31. The first-order valence-corrected chi connectivity index (χ1v) is 7.57. The van der Waals surface area contributed by atoms with E-state index in [1.807, 2.05) is 0 Å². The van der Waals surface area contributed by atoms with Crippen molar-refractivity contribution in [3.63, 3.8) is 0 Å². The molecule has 1 aliphatic rings. The third-order valence-corrected chi connectivity index (χ3v) is 4.32. The van der Waals surface area contributed by atoms with E-state index in [0.717, 1.165) is 30.7 Å². The summed E-state index contributed by atoms with van der Waals surface area (Å²) in [5.74, 6) is 0.250. The Balaban J connectivity index is 1.92. The number of rotatable bonds is 4. The summed E-state index contributed by atoms with van der Waals surface area (Å²) in [6.07, 6.45) is 3.58. The van der Waals surface area contributed by atoms with Crippen molar-refractivity contribution in [1.29, 1.82) is 0 Å². The molecule has 3 unspecified atom stereocenters. The number of carbonyl (C=O) groups excluding carboxylic acids is 1. The van der Waals surface area contributed by atoms with Crippen LogP contribution in [0, 0.1) is 11.8 Å². The quantitative estimate of drug-likeness (QED) is 0.895. The second kappa shape index (κ2) is 6.74. The van der Waals surface area contributed by atoms with Crippen molar-refractivity contribution in [2.75, 3.05) is 0 Å². The molecule has 0 spiro atoms. The molecule has 1 aromatic rings. The van der Waals surface area contributed by atoms with Crippen molar-refractivity contribution in [3.05, 3.63) is 35.4 Å². The summed E-state index contributed by atoms with van der Waals surface area (Å²) in [6, 6.07) is 6.81. The summed E-state index contributed by atoms with van der Waals surface area (Å²) in [5.41, 5.74) is 0.962. The van der Waals surface area contributed by atoms with Crippen LogP contribution in [-0.2, 0) is 11.2 Å². The zero-order valence-electron chi connectivity index (χ0n) is 12.6. The van der Waals surface area contributed by atoms with Gasteiger partial charge in [-0.1, -0.05) is 26.0 Å². The van der Waals surface area contributed by atoms with Gasteiger partial charge in [-0.05, 0) is 48.8 Å². The Labute approximate surface area is 125 Å². The third-order valence-electron chi connectivity index (χ3n) is 4.32. The molecule has 2 rings (SSSR count). The van der Waals surface area contributed by atoms with Crippen LogP contribution in [0.25, 0.3) is 0 Å². The second-order valence-corrected chi connectivity index (χ2v) is 6.25. The first-order chi connectivity index (χ1) is 9.95. The molecule has 1 saturated carbocycles. The molecule has 21 heavy (non-hydrogen) atoms. The van der Waals surface area contributed by atoms with E-state index in [1.165, 1.54) is 6.07 Å². The van der Waals surface area contributed by atoms with E-state index in [-0.39, 0.29) is 23.9 Å². The lowest BCUT2D eigenvalue weighted by Gasteiger charge is -2.33. The number of amides is 1. The van der Waals surface area contributed by atoms with Crippen LogP contribution in [0.2, 0.25) is 0 Å². The summed E-state index contributed by atoms with van der Waals surface area (Å²) in [5, 5.41) is 12.1. The van der Waals surface area contributed by atoms with E-state index < -0.39 is 5.97 Å². The van der Waals surface area contributed by atoms with E-state index in [9.17, 15) is 9.59 Å².